The maximum Gasteiger partial charge on any atom is 0.259 e. The van der Waals surface area contributed by atoms with Crippen molar-refractivity contribution in [3.63, 3.8) is 0 Å². The minimum Gasteiger partial charge on any atom is -0.451 e. The van der Waals surface area contributed by atoms with E-state index in [0.717, 1.165) is 5.56 Å². The Morgan fingerprint density at radius 2 is 2.00 bits per heavy atom. The van der Waals surface area contributed by atoms with Gasteiger partial charge in [-0.15, -0.1) is 0 Å². The van der Waals surface area contributed by atoms with Crippen molar-refractivity contribution in [3.8, 4) is 5.75 Å². The van der Waals surface area contributed by atoms with E-state index in [1.54, 1.807) is 20.2 Å². The summed E-state index contributed by atoms with van der Waals surface area (Å²) in [5.74, 6) is -0.0431. The molecule has 1 unspecified atom stereocenters. The topological polar surface area (TPSA) is 44.7 Å². The largest absolute Gasteiger partial charge is 0.451 e. The number of rotatable bonds is 5. The zero-order chi connectivity index (χ0) is 14.6. The predicted molar refractivity (Wildman–Crippen MR) is 73.3 cm³/mol. The normalized spacial score (nSPS) is 13.7. The molecule has 0 aliphatic carbocycles. The molecule has 5 heteroatoms. The second-order valence-corrected chi connectivity index (χ2v) is 5.76. The van der Waals surface area contributed by atoms with Crippen LogP contribution in [0.15, 0.2) is 18.2 Å². The quantitative estimate of drug-likeness (QED) is 0.803. The van der Waals surface area contributed by atoms with E-state index in [1.807, 2.05) is 20.8 Å². The van der Waals surface area contributed by atoms with Crippen LogP contribution in [0.5, 0.6) is 5.75 Å². The summed E-state index contributed by atoms with van der Waals surface area (Å²) in [5, 5.41) is 13.0. The Morgan fingerprint density at radius 1 is 1.37 bits per heavy atom. The molecule has 4 nitrogen and oxygen atoms in total. The van der Waals surface area contributed by atoms with Crippen molar-refractivity contribution in [3.05, 3.63) is 29.6 Å². The van der Waals surface area contributed by atoms with Gasteiger partial charge in [0.15, 0.2) is 0 Å². The lowest BCUT2D eigenvalue weighted by Gasteiger charge is -2.24. The van der Waals surface area contributed by atoms with Crippen LogP contribution in [0.3, 0.4) is 0 Å². The summed E-state index contributed by atoms with van der Waals surface area (Å²) in [7, 11) is 3.36. The molecule has 0 amide bonds. The minimum absolute atomic E-state index is 0.0498. The SMILES string of the molecule is CN(C)C(O)Oc1cc(F)ccc1CNC(C)(C)C. The molecule has 0 fully saturated rings. The Hall–Kier alpha value is -1.17. The number of ether oxygens (including phenoxy) is 1. The summed E-state index contributed by atoms with van der Waals surface area (Å²) in [6, 6.07) is 4.33. The van der Waals surface area contributed by atoms with E-state index in [9.17, 15) is 9.50 Å². The number of halogens is 1. The summed E-state index contributed by atoms with van der Waals surface area (Å²) in [6.07, 6.45) is -1.10. The number of nitrogens with one attached hydrogen (secondary N) is 1. The van der Waals surface area contributed by atoms with E-state index in [-0.39, 0.29) is 11.4 Å². The second kappa shape index (κ2) is 6.32. The average Bonchev–Trinajstić information content (AvgIpc) is 2.26. The molecule has 0 aromatic heterocycles. The molecule has 1 rings (SSSR count). The number of nitrogens with zero attached hydrogens (tertiary/aromatic N) is 1. The van der Waals surface area contributed by atoms with Gasteiger partial charge in [-0.25, -0.2) is 4.39 Å². The molecule has 0 bridgehead atoms. The first-order valence-corrected chi connectivity index (χ1v) is 6.23. The molecule has 1 atom stereocenters. The number of benzene rings is 1. The molecule has 2 N–H and O–H groups in total. The molecular formula is C14H23FN2O2. The Bertz CT molecular complexity index is 416. The molecule has 0 saturated heterocycles. The Balaban J connectivity index is 2.85. The lowest BCUT2D eigenvalue weighted by molar-refractivity contribution is -0.114. The first-order chi connectivity index (χ1) is 8.69. The third kappa shape index (κ3) is 5.55. The fourth-order valence-corrected chi connectivity index (χ4v) is 1.36. The number of aliphatic hydroxyl groups excluding tert-OH is 1. The van der Waals surface area contributed by atoms with Gasteiger partial charge >= 0.3 is 0 Å². The van der Waals surface area contributed by atoms with Crippen molar-refractivity contribution < 1.29 is 14.2 Å². The highest BCUT2D eigenvalue weighted by molar-refractivity contribution is 5.34. The summed E-state index contributed by atoms with van der Waals surface area (Å²) in [6.45, 7) is 6.68. The monoisotopic (exact) mass is 270 g/mol. The average molecular weight is 270 g/mol. The lowest BCUT2D eigenvalue weighted by Crippen LogP contribution is -2.36. The second-order valence-electron chi connectivity index (χ2n) is 5.76. The molecule has 0 spiro atoms. The van der Waals surface area contributed by atoms with Crippen molar-refractivity contribution in [2.24, 2.45) is 0 Å². The molecule has 0 saturated carbocycles. The summed E-state index contributed by atoms with van der Waals surface area (Å²) >= 11 is 0. The van der Waals surface area contributed by atoms with E-state index in [1.165, 1.54) is 17.0 Å². The molecule has 0 aliphatic heterocycles. The zero-order valence-corrected chi connectivity index (χ0v) is 12.2. The highest BCUT2D eigenvalue weighted by atomic mass is 19.1. The van der Waals surface area contributed by atoms with Crippen LogP contribution in [0.4, 0.5) is 4.39 Å². The van der Waals surface area contributed by atoms with Crippen molar-refractivity contribution >= 4 is 0 Å². The van der Waals surface area contributed by atoms with E-state index >= 15 is 0 Å². The van der Waals surface area contributed by atoms with Crippen molar-refractivity contribution in [1.82, 2.24) is 10.2 Å². The fraction of sp³-hybridized carbons (Fsp3) is 0.571. The predicted octanol–water partition coefficient (Wildman–Crippen LogP) is 1.93. The zero-order valence-electron chi connectivity index (χ0n) is 12.2. The van der Waals surface area contributed by atoms with Crippen LogP contribution in [0, 0.1) is 5.82 Å². The number of hydrogen-bond acceptors (Lipinski definition) is 4. The third-order valence-corrected chi connectivity index (χ3v) is 2.51. The summed E-state index contributed by atoms with van der Waals surface area (Å²) in [5.41, 5.74) is 0.753. The molecular weight excluding hydrogens is 247 g/mol. The summed E-state index contributed by atoms with van der Waals surface area (Å²) < 4.78 is 18.6. The van der Waals surface area contributed by atoms with E-state index in [4.69, 9.17) is 4.74 Å². The van der Waals surface area contributed by atoms with Gasteiger partial charge in [0.1, 0.15) is 11.6 Å². The molecule has 0 aliphatic rings. The van der Waals surface area contributed by atoms with E-state index < -0.39 is 6.41 Å². The van der Waals surface area contributed by atoms with E-state index in [2.05, 4.69) is 5.32 Å². The van der Waals surface area contributed by atoms with Gasteiger partial charge in [0.2, 0.25) is 0 Å². The highest BCUT2D eigenvalue weighted by Crippen LogP contribution is 2.22. The van der Waals surface area contributed by atoms with Gasteiger partial charge in [0.25, 0.3) is 6.41 Å². The molecule has 108 valence electrons. The molecule has 1 aromatic carbocycles. The van der Waals surface area contributed by atoms with Crippen LogP contribution >= 0.6 is 0 Å². The van der Waals surface area contributed by atoms with Gasteiger partial charge in [-0.2, -0.15) is 0 Å². The Morgan fingerprint density at radius 3 is 2.53 bits per heavy atom. The highest BCUT2D eigenvalue weighted by Gasteiger charge is 2.15. The maximum absolute atomic E-state index is 13.3. The standard InChI is InChI=1S/C14H23FN2O2/c1-14(2,3)16-9-10-6-7-11(15)8-12(10)19-13(18)17(4)5/h6-8,13,16,18H,9H2,1-5H3. The maximum atomic E-state index is 13.3. The van der Waals surface area contributed by atoms with Crippen LogP contribution < -0.4 is 10.1 Å². The number of aliphatic hydroxyl groups is 1. The molecule has 1 aromatic rings. The fourth-order valence-electron chi connectivity index (χ4n) is 1.36. The third-order valence-electron chi connectivity index (χ3n) is 2.51. The van der Waals surface area contributed by atoms with Crippen LogP contribution in [-0.2, 0) is 6.54 Å². The summed E-state index contributed by atoms with van der Waals surface area (Å²) in [4.78, 5) is 1.49. The van der Waals surface area contributed by atoms with Crippen LogP contribution in [-0.4, -0.2) is 36.1 Å². The Labute approximate surface area is 114 Å². The minimum atomic E-state index is -1.10. The first-order valence-electron chi connectivity index (χ1n) is 6.23. The first kappa shape index (κ1) is 15.9. The van der Waals surface area contributed by atoms with Crippen molar-refractivity contribution in [2.75, 3.05) is 14.1 Å². The number of hydrogen-bond donors (Lipinski definition) is 2. The van der Waals surface area contributed by atoms with E-state index in [0.29, 0.717) is 12.3 Å². The van der Waals surface area contributed by atoms with Gasteiger partial charge in [-0.1, -0.05) is 6.07 Å². The van der Waals surface area contributed by atoms with Gasteiger partial charge in [0, 0.05) is 23.7 Å². The van der Waals surface area contributed by atoms with Crippen molar-refractivity contribution in [1.29, 1.82) is 0 Å². The van der Waals surface area contributed by atoms with Crippen LogP contribution in [0.1, 0.15) is 26.3 Å². The van der Waals surface area contributed by atoms with Gasteiger partial charge in [0.05, 0.1) is 0 Å². The van der Waals surface area contributed by atoms with Gasteiger partial charge in [-0.05, 0) is 40.9 Å². The van der Waals surface area contributed by atoms with Crippen molar-refractivity contribution in [2.45, 2.75) is 39.3 Å². The molecule has 0 heterocycles. The van der Waals surface area contributed by atoms with Crippen LogP contribution in [0.2, 0.25) is 0 Å². The Kier molecular flexibility index (Phi) is 5.29. The molecule has 19 heavy (non-hydrogen) atoms. The van der Waals surface area contributed by atoms with Gasteiger partial charge in [-0.3, -0.25) is 4.90 Å². The lowest BCUT2D eigenvalue weighted by atomic mass is 10.1. The van der Waals surface area contributed by atoms with Gasteiger partial charge < -0.3 is 15.2 Å². The molecule has 0 radical (unpaired) electrons. The van der Waals surface area contributed by atoms with Crippen LogP contribution in [0.25, 0.3) is 0 Å². The smallest absolute Gasteiger partial charge is 0.259 e.